The van der Waals surface area contributed by atoms with E-state index in [0.29, 0.717) is 13.0 Å². The van der Waals surface area contributed by atoms with Gasteiger partial charge in [0.05, 0.1) is 12.5 Å². The standard InChI is InChI=1S/C26H27N3O2S/c30-25(28-14-12-27(13-15-28)18-20-7-2-1-3-8-20)17-23(24-11-6-16-32-24)29-19-21-9-4-5-10-22(21)26(29)31/h1-11,16,23H,12-15,17-19H2/t23-/m0/s1. The van der Waals surface area contributed by atoms with Crippen LogP contribution in [0, 0.1) is 0 Å². The van der Waals surface area contributed by atoms with Gasteiger partial charge in [0, 0.05) is 49.7 Å². The van der Waals surface area contributed by atoms with Gasteiger partial charge in [-0.1, -0.05) is 54.6 Å². The van der Waals surface area contributed by atoms with Gasteiger partial charge in [-0.25, -0.2) is 0 Å². The highest BCUT2D eigenvalue weighted by atomic mass is 32.1. The number of nitrogens with zero attached hydrogens (tertiary/aromatic N) is 3. The molecule has 5 nitrogen and oxygen atoms in total. The predicted octanol–water partition coefficient (Wildman–Crippen LogP) is 4.18. The number of carbonyl (C=O) groups excluding carboxylic acids is 2. The van der Waals surface area contributed by atoms with Crippen molar-refractivity contribution in [2.45, 2.75) is 25.6 Å². The van der Waals surface area contributed by atoms with Gasteiger partial charge >= 0.3 is 0 Å². The number of rotatable bonds is 6. The maximum absolute atomic E-state index is 13.3. The number of piperazine rings is 1. The van der Waals surface area contributed by atoms with Crippen LogP contribution in [0.15, 0.2) is 72.1 Å². The van der Waals surface area contributed by atoms with E-state index in [1.54, 1.807) is 11.3 Å². The zero-order valence-corrected chi connectivity index (χ0v) is 18.8. The van der Waals surface area contributed by atoms with Crippen LogP contribution >= 0.6 is 11.3 Å². The zero-order valence-electron chi connectivity index (χ0n) is 18.0. The van der Waals surface area contributed by atoms with Crippen molar-refractivity contribution in [1.29, 1.82) is 0 Å². The Morgan fingerprint density at radius 2 is 1.66 bits per heavy atom. The molecule has 1 atom stereocenters. The molecule has 2 aliphatic rings. The average Bonchev–Trinajstić information content (AvgIpc) is 3.47. The van der Waals surface area contributed by atoms with Gasteiger partial charge in [-0.05, 0) is 28.6 Å². The summed E-state index contributed by atoms with van der Waals surface area (Å²) in [5.74, 6) is 0.158. The number of hydrogen-bond donors (Lipinski definition) is 0. The van der Waals surface area contributed by atoms with Crippen LogP contribution in [0.1, 0.15) is 38.8 Å². The second-order valence-corrected chi connectivity index (χ2v) is 9.45. The van der Waals surface area contributed by atoms with Crippen LogP contribution in [-0.2, 0) is 17.9 Å². The second-order valence-electron chi connectivity index (χ2n) is 8.47. The second kappa shape index (κ2) is 9.27. The lowest BCUT2D eigenvalue weighted by atomic mass is 10.1. The average molecular weight is 446 g/mol. The van der Waals surface area contributed by atoms with Crippen molar-refractivity contribution in [3.05, 3.63) is 93.7 Å². The molecule has 0 N–H and O–H groups in total. The van der Waals surface area contributed by atoms with E-state index in [4.69, 9.17) is 0 Å². The summed E-state index contributed by atoms with van der Waals surface area (Å²) in [5.41, 5.74) is 3.11. The van der Waals surface area contributed by atoms with E-state index in [1.165, 1.54) is 5.56 Å². The summed E-state index contributed by atoms with van der Waals surface area (Å²) in [6.07, 6.45) is 0.332. The Kier molecular flexibility index (Phi) is 6.06. The SMILES string of the molecule is O=C(C[C@@H](c1cccs1)N1Cc2ccccc2C1=O)N1CCN(Cc2ccccc2)CC1. The van der Waals surface area contributed by atoms with Gasteiger partial charge in [-0.3, -0.25) is 14.5 Å². The third-order valence-electron chi connectivity index (χ3n) is 6.44. The van der Waals surface area contributed by atoms with Crippen LogP contribution < -0.4 is 0 Å². The van der Waals surface area contributed by atoms with Gasteiger partial charge in [0.2, 0.25) is 5.91 Å². The van der Waals surface area contributed by atoms with E-state index in [0.717, 1.165) is 48.7 Å². The fourth-order valence-corrected chi connectivity index (χ4v) is 5.50. The largest absolute Gasteiger partial charge is 0.340 e. The van der Waals surface area contributed by atoms with Crippen LogP contribution in [0.5, 0.6) is 0 Å². The summed E-state index contributed by atoms with van der Waals surface area (Å²) < 4.78 is 0. The molecule has 164 valence electrons. The monoisotopic (exact) mass is 445 g/mol. The third-order valence-corrected chi connectivity index (χ3v) is 7.41. The molecule has 0 bridgehead atoms. The molecule has 3 heterocycles. The van der Waals surface area contributed by atoms with Gasteiger partial charge in [0.15, 0.2) is 0 Å². The first-order valence-corrected chi connectivity index (χ1v) is 12.0. The first-order chi connectivity index (χ1) is 15.7. The Labute approximate surface area is 192 Å². The van der Waals surface area contributed by atoms with E-state index >= 15 is 0 Å². The predicted molar refractivity (Wildman–Crippen MR) is 126 cm³/mol. The van der Waals surface area contributed by atoms with E-state index in [1.807, 2.05) is 57.6 Å². The van der Waals surface area contributed by atoms with Crippen LogP contribution in [0.3, 0.4) is 0 Å². The Bertz CT molecular complexity index is 1080. The molecule has 3 aromatic rings. The van der Waals surface area contributed by atoms with E-state index < -0.39 is 0 Å². The number of hydrogen-bond acceptors (Lipinski definition) is 4. The zero-order chi connectivity index (χ0) is 21.9. The van der Waals surface area contributed by atoms with Crippen molar-refractivity contribution in [1.82, 2.24) is 14.7 Å². The Hall–Kier alpha value is -2.96. The fourth-order valence-electron chi connectivity index (χ4n) is 4.67. The minimum absolute atomic E-state index is 0.0273. The number of amides is 2. The van der Waals surface area contributed by atoms with Gasteiger partial charge in [0.1, 0.15) is 0 Å². The Morgan fingerprint density at radius 1 is 0.906 bits per heavy atom. The summed E-state index contributed by atoms with van der Waals surface area (Å²) in [5, 5.41) is 2.02. The number of thiophene rings is 1. The molecule has 0 radical (unpaired) electrons. The minimum Gasteiger partial charge on any atom is -0.340 e. The van der Waals surface area contributed by atoms with Crippen LogP contribution in [0.25, 0.3) is 0 Å². The van der Waals surface area contributed by atoms with Crippen molar-refractivity contribution < 1.29 is 9.59 Å². The molecule has 0 aliphatic carbocycles. The minimum atomic E-state index is -0.218. The Morgan fingerprint density at radius 3 is 2.38 bits per heavy atom. The van der Waals surface area contributed by atoms with E-state index in [2.05, 4.69) is 29.2 Å². The maximum Gasteiger partial charge on any atom is 0.255 e. The van der Waals surface area contributed by atoms with Gasteiger partial charge in [0.25, 0.3) is 5.91 Å². The summed E-state index contributed by atoms with van der Waals surface area (Å²) >= 11 is 1.62. The van der Waals surface area contributed by atoms with Gasteiger partial charge < -0.3 is 9.80 Å². The molecule has 1 fully saturated rings. The van der Waals surface area contributed by atoms with Gasteiger partial charge in [-0.2, -0.15) is 0 Å². The highest BCUT2D eigenvalue weighted by molar-refractivity contribution is 7.10. The molecule has 1 aromatic heterocycles. The third kappa shape index (κ3) is 4.33. The van der Waals surface area contributed by atoms with Crippen molar-refractivity contribution in [3.63, 3.8) is 0 Å². The molecule has 5 rings (SSSR count). The lowest BCUT2D eigenvalue weighted by molar-refractivity contribution is -0.134. The van der Waals surface area contributed by atoms with Crippen molar-refractivity contribution in [3.8, 4) is 0 Å². The normalized spacial score (nSPS) is 17.4. The summed E-state index contributed by atoms with van der Waals surface area (Å²) in [6.45, 7) is 4.70. The number of fused-ring (bicyclic) bond motifs is 1. The molecule has 0 unspecified atom stereocenters. The van der Waals surface area contributed by atoms with Crippen LogP contribution in [0.4, 0.5) is 0 Å². The molecule has 1 saturated heterocycles. The smallest absolute Gasteiger partial charge is 0.255 e. The molecule has 2 aliphatic heterocycles. The number of carbonyl (C=O) groups is 2. The van der Waals surface area contributed by atoms with E-state index in [9.17, 15) is 9.59 Å². The van der Waals surface area contributed by atoms with Crippen LogP contribution in [-0.4, -0.2) is 52.7 Å². The molecule has 2 aromatic carbocycles. The summed E-state index contributed by atoms with van der Waals surface area (Å²) in [7, 11) is 0. The first kappa shape index (κ1) is 20.9. The lowest BCUT2D eigenvalue weighted by Crippen LogP contribution is -2.49. The first-order valence-electron chi connectivity index (χ1n) is 11.2. The molecular weight excluding hydrogens is 418 g/mol. The van der Waals surface area contributed by atoms with Gasteiger partial charge in [-0.15, -0.1) is 11.3 Å². The lowest BCUT2D eigenvalue weighted by Gasteiger charge is -2.36. The van der Waals surface area contributed by atoms with Crippen molar-refractivity contribution >= 4 is 23.2 Å². The highest BCUT2D eigenvalue weighted by Crippen LogP contribution is 2.35. The number of benzene rings is 2. The van der Waals surface area contributed by atoms with Crippen molar-refractivity contribution in [2.75, 3.05) is 26.2 Å². The molecule has 0 saturated carbocycles. The quantitative estimate of drug-likeness (QED) is 0.572. The molecule has 0 spiro atoms. The summed E-state index contributed by atoms with van der Waals surface area (Å²) in [6, 6.07) is 22.0. The summed E-state index contributed by atoms with van der Waals surface area (Å²) in [4.78, 5) is 33.7. The topological polar surface area (TPSA) is 43.9 Å². The molecule has 6 heteroatoms. The Balaban J connectivity index is 1.24. The maximum atomic E-state index is 13.3. The van der Waals surface area contributed by atoms with Crippen LogP contribution in [0.2, 0.25) is 0 Å². The molecule has 2 amide bonds. The fraction of sp³-hybridized carbons (Fsp3) is 0.308. The van der Waals surface area contributed by atoms with Crippen molar-refractivity contribution in [2.24, 2.45) is 0 Å². The molecular formula is C26H27N3O2S. The molecule has 32 heavy (non-hydrogen) atoms. The van der Waals surface area contributed by atoms with E-state index in [-0.39, 0.29) is 17.9 Å². The highest BCUT2D eigenvalue weighted by Gasteiger charge is 2.36.